The highest BCUT2D eigenvalue weighted by molar-refractivity contribution is 6.08. The van der Waals surface area contributed by atoms with E-state index in [-0.39, 0.29) is 5.91 Å². The van der Waals surface area contributed by atoms with Crippen molar-refractivity contribution in [3.63, 3.8) is 0 Å². The number of nitrogens with zero attached hydrogens (tertiary/aromatic N) is 2. The number of hydrogen-bond donors (Lipinski definition) is 1. The van der Waals surface area contributed by atoms with Gasteiger partial charge in [0, 0.05) is 16.5 Å². The van der Waals surface area contributed by atoms with Crippen molar-refractivity contribution >= 4 is 33.8 Å². The number of fused-ring (bicyclic) bond motifs is 2. The summed E-state index contributed by atoms with van der Waals surface area (Å²) in [5.41, 5.74) is 7.53. The van der Waals surface area contributed by atoms with Gasteiger partial charge in [-0.3, -0.25) is 4.79 Å². The molecule has 0 aliphatic heterocycles. The highest BCUT2D eigenvalue weighted by atomic mass is 16.5. The van der Waals surface area contributed by atoms with E-state index in [4.69, 9.17) is 9.72 Å². The second-order valence-corrected chi connectivity index (χ2v) is 9.11. The summed E-state index contributed by atoms with van der Waals surface area (Å²) in [6.07, 6.45) is 1.65. The average molecular weight is 508 g/mol. The molecule has 0 unspecified atom stereocenters. The third-order valence-corrected chi connectivity index (χ3v) is 6.56. The van der Waals surface area contributed by atoms with E-state index in [0.717, 1.165) is 44.1 Å². The number of aromatic nitrogens is 1. The molecule has 5 nitrogen and oxygen atoms in total. The third-order valence-electron chi connectivity index (χ3n) is 6.56. The number of hydrazone groups is 1. The number of pyridine rings is 1. The Morgan fingerprint density at radius 3 is 2.28 bits per heavy atom. The predicted octanol–water partition coefficient (Wildman–Crippen LogP) is 7.40. The van der Waals surface area contributed by atoms with Crippen molar-refractivity contribution in [2.24, 2.45) is 5.10 Å². The fourth-order valence-electron chi connectivity index (χ4n) is 4.61. The average Bonchev–Trinajstić information content (AvgIpc) is 3.00. The minimum absolute atomic E-state index is 0.311. The van der Waals surface area contributed by atoms with Crippen LogP contribution in [0.3, 0.4) is 0 Å². The Bertz CT molecular complexity index is 1800. The van der Waals surface area contributed by atoms with Crippen molar-refractivity contribution in [1.82, 2.24) is 10.4 Å². The van der Waals surface area contributed by atoms with Crippen LogP contribution >= 0.6 is 0 Å². The summed E-state index contributed by atoms with van der Waals surface area (Å²) in [6, 6.07) is 41.3. The van der Waals surface area contributed by atoms with Gasteiger partial charge in [0.25, 0.3) is 5.91 Å². The molecule has 0 saturated carbocycles. The first kappa shape index (κ1) is 24.1. The lowest BCUT2D eigenvalue weighted by Crippen LogP contribution is -2.18. The van der Waals surface area contributed by atoms with Crippen LogP contribution in [0.1, 0.15) is 21.5 Å². The van der Waals surface area contributed by atoms with E-state index in [0.29, 0.717) is 17.9 Å². The van der Waals surface area contributed by atoms with Crippen LogP contribution in [0.25, 0.3) is 32.9 Å². The summed E-state index contributed by atoms with van der Waals surface area (Å²) in [7, 11) is 0. The molecule has 0 aliphatic rings. The molecular formula is C34H25N3O2. The fourth-order valence-corrected chi connectivity index (χ4v) is 4.61. The molecule has 6 rings (SSSR count). The van der Waals surface area contributed by atoms with Gasteiger partial charge in [0.1, 0.15) is 12.4 Å². The highest BCUT2D eigenvalue weighted by Crippen LogP contribution is 2.28. The maximum Gasteiger partial charge on any atom is 0.272 e. The Kier molecular flexibility index (Phi) is 6.78. The SMILES string of the molecule is O=C(N/N=C\c1c(OCc2ccccc2)ccc2ccccc12)c1cc(-c2ccccc2)nc2ccccc12. The van der Waals surface area contributed by atoms with Crippen molar-refractivity contribution in [3.05, 3.63) is 144 Å². The molecule has 0 atom stereocenters. The Morgan fingerprint density at radius 2 is 1.46 bits per heavy atom. The van der Waals surface area contributed by atoms with E-state index >= 15 is 0 Å². The normalized spacial score (nSPS) is 11.2. The summed E-state index contributed by atoms with van der Waals surface area (Å²) >= 11 is 0. The lowest BCUT2D eigenvalue weighted by Gasteiger charge is -2.12. The zero-order valence-electron chi connectivity index (χ0n) is 21.1. The number of para-hydroxylation sites is 1. The monoisotopic (exact) mass is 507 g/mol. The van der Waals surface area contributed by atoms with Gasteiger partial charge in [-0.15, -0.1) is 0 Å². The number of benzene rings is 5. The van der Waals surface area contributed by atoms with Gasteiger partial charge in [-0.05, 0) is 34.5 Å². The molecular weight excluding hydrogens is 482 g/mol. The minimum atomic E-state index is -0.311. The smallest absolute Gasteiger partial charge is 0.272 e. The number of nitrogens with one attached hydrogen (secondary N) is 1. The van der Waals surface area contributed by atoms with E-state index in [9.17, 15) is 4.79 Å². The highest BCUT2D eigenvalue weighted by Gasteiger charge is 2.14. The van der Waals surface area contributed by atoms with Crippen LogP contribution in [0.15, 0.2) is 132 Å². The van der Waals surface area contributed by atoms with E-state index in [1.54, 1.807) is 6.21 Å². The molecule has 1 heterocycles. The van der Waals surface area contributed by atoms with Gasteiger partial charge in [0.2, 0.25) is 0 Å². The fraction of sp³-hybridized carbons (Fsp3) is 0.0294. The van der Waals surface area contributed by atoms with Gasteiger partial charge in [-0.1, -0.05) is 109 Å². The van der Waals surface area contributed by atoms with Crippen molar-refractivity contribution in [3.8, 4) is 17.0 Å². The minimum Gasteiger partial charge on any atom is -0.488 e. The third kappa shape index (κ3) is 5.24. The quantitative estimate of drug-likeness (QED) is 0.181. The van der Waals surface area contributed by atoms with Crippen LogP contribution in [-0.4, -0.2) is 17.1 Å². The van der Waals surface area contributed by atoms with Gasteiger partial charge < -0.3 is 4.74 Å². The zero-order valence-corrected chi connectivity index (χ0v) is 21.1. The van der Waals surface area contributed by atoms with E-state index < -0.39 is 0 Å². The molecule has 1 amide bonds. The number of carbonyl (C=O) groups excluding carboxylic acids is 1. The predicted molar refractivity (Wildman–Crippen MR) is 157 cm³/mol. The molecule has 39 heavy (non-hydrogen) atoms. The van der Waals surface area contributed by atoms with Crippen LogP contribution < -0.4 is 10.2 Å². The Morgan fingerprint density at radius 1 is 0.769 bits per heavy atom. The number of carbonyl (C=O) groups is 1. The maximum absolute atomic E-state index is 13.4. The van der Waals surface area contributed by atoms with Crippen molar-refractivity contribution in [2.45, 2.75) is 6.61 Å². The molecule has 6 aromatic rings. The number of amides is 1. The summed E-state index contributed by atoms with van der Waals surface area (Å²) in [6.45, 7) is 0.428. The summed E-state index contributed by atoms with van der Waals surface area (Å²) in [4.78, 5) is 18.2. The molecule has 188 valence electrons. The molecule has 1 N–H and O–H groups in total. The number of rotatable bonds is 7. The number of hydrogen-bond acceptors (Lipinski definition) is 4. The maximum atomic E-state index is 13.4. The zero-order chi connectivity index (χ0) is 26.4. The second kappa shape index (κ2) is 11.0. The van der Waals surface area contributed by atoms with Gasteiger partial charge in [-0.25, -0.2) is 10.4 Å². The van der Waals surface area contributed by atoms with Gasteiger partial charge >= 0.3 is 0 Å². The Hall–Kier alpha value is -5.29. The first-order chi connectivity index (χ1) is 19.3. The molecule has 0 fully saturated rings. The van der Waals surface area contributed by atoms with E-state index in [1.165, 1.54) is 0 Å². The molecule has 0 aliphatic carbocycles. The lowest BCUT2D eigenvalue weighted by molar-refractivity contribution is 0.0956. The second-order valence-electron chi connectivity index (χ2n) is 9.11. The van der Waals surface area contributed by atoms with Crippen LogP contribution in [0.2, 0.25) is 0 Å². The van der Waals surface area contributed by atoms with Crippen LogP contribution in [-0.2, 0) is 6.61 Å². The van der Waals surface area contributed by atoms with Gasteiger partial charge in [0.05, 0.1) is 23.0 Å². The summed E-state index contributed by atoms with van der Waals surface area (Å²) in [5.74, 6) is 0.380. The van der Waals surface area contributed by atoms with Crippen LogP contribution in [0.4, 0.5) is 0 Å². The number of ether oxygens (including phenoxy) is 1. The van der Waals surface area contributed by atoms with Gasteiger partial charge in [0.15, 0.2) is 0 Å². The van der Waals surface area contributed by atoms with Crippen LogP contribution in [0, 0.1) is 0 Å². The molecule has 0 spiro atoms. The molecule has 5 heteroatoms. The van der Waals surface area contributed by atoms with E-state index in [1.807, 2.05) is 127 Å². The molecule has 0 radical (unpaired) electrons. The summed E-state index contributed by atoms with van der Waals surface area (Å²) < 4.78 is 6.18. The standard InChI is InChI=1S/C34H25N3O2/c38-34(29-21-32(26-14-5-2-6-15-26)36-31-18-10-9-17-28(29)31)37-35-22-30-27-16-8-7-13-25(27)19-20-33(30)39-23-24-11-3-1-4-12-24/h1-22H,23H2,(H,37,38)/b35-22-. The lowest BCUT2D eigenvalue weighted by atomic mass is 10.0. The van der Waals surface area contributed by atoms with Crippen molar-refractivity contribution < 1.29 is 9.53 Å². The Labute approximate surface area is 226 Å². The first-order valence-electron chi connectivity index (χ1n) is 12.7. The van der Waals surface area contributed by atoms with Crippen LogP contribution in [0.5, 0.6) is 5.75 Å². The van der Waals surface area contributed by atoms with Crippen molar-refractivity contribution in [2.75, 3.05) is 0 Å². The van der Waals surface area contributed by atoms with Gasteiger partial charge in [-0.2, -0.15) is 5.10 Å². The largest absolute Gasteiger partial charge is 0.488 e. The molecule has 0 saturated heterocycles. The molecule has 0 bridgehead atoms. The topological polar surface area (TPSA) is 63.6 Å². The summed E-state index contributed by atoms with van der Waals surface area (Å²) in [5, 5.41) is 7.18. The molecule has 1 aromatic heterocycles. The van der Waals surface area contributed by atoms with E-state index in [2.05, 4.69) is 10.5 Å². The molecule has 5 aromatic carbocycles. The Balaban J connectivity index is 1.31. The first-order valence-corrected chi connectivity index (χ1v) is 12.7. The van der Waals surface area contributed by atoms with Crippen molar-refractivity contribution in [1.29, 1.82) is 0 Å².